The Morgan fingerprint density at radius 3 is 2.42 bits per heavy atom. The van der Waals surface area contributed by atoms with Crippen LogP contribution >= 0.6 is 0 Å². The number of rotatable bonds is 5. The molecule has 3 aromatic rings. The third-order valence-electron chi connectivity index (χ3n) is 4.45. The van der Waals surface area contributed by atoms with Crippen LogP contribution in [0.15, 0.2) is 72.8 Å². The van der Waals surface area contributed by atoms with Crippen molar-refractivity contribution in [2.24, 2.45) is 5.73 Å². The number of halogens is 2. The third kappa shape index (κ3) is 3.89. The summed E-state index contributed by atoms with van der Waals surface area (Å²) >= 11 is 0. The number of benzene rings is 3. The minimum absolute atomic E-state index is 0.231. The van der Waals surface area contributed by atoms with Gasteiger partial charge in [-0.25, -0.2) is 8.78 Å². The van der Waals surface area contributed by atoms with Gasteiger partial charge in [-0.05, 0) is 52.4 Å². The molecule has 0 saturated carbocycles. The summed E-state index contributed by atoms with van der Waals surface area (Å²) in [4.78, 5) is 0. The zero-order chi connectivity index (χ0) is 18.5. The van der Waals surface area contributed by atoms with Crippen LogP contribution in [0.4, 0.5) is 8.78 Å². The molecule has 0 radical (unpaired) electrons. The Kier molecular flexibility index (Phi) is 5.59. The molecule has 132 valence electrons. The molecule has 3 rings (SSSR count). The molecule has 0 amide bonds. The van der Waals surface area contributed by atoms with Gasteiger partial charge < -0.3 is 5.73 Å². The van der Waals surface area contributed by atoms with Gasteiger partial charge in [0.15, 0.2) is 0 Å². The van der Waals surface area contributed by atoms with Crippen molar-refractivity contribution in [2.45, 2.75) is 13.3 Å². The standard InChI is InChI=1S/C23H21F2N/c1-16-21(22(12-13-26)18-8-5-9-20(24)15-18)11-10-19(23(16)25)14-17-6-3-2-4-7-17/h2-12,15H,13-14,26H2,1H3/b22-12+. The van der Waals surface area contributed by atoms with Gasteiger partial charge in [-0.3, -0.25) is 0 Å². The maximum atomic E-state index is 15.0. The van der Waals surface area contributed by atoms with Crippen LogP contribution in [0.3, 0.4) is 0 Å². The second-order valence-corrected chi connectivity index (χ2v) is 6.24. The molecule has 0 aliphatic carbocycles. The van der Waals surface area contributed by atoms with Crippen LogP contribution in [0.25, 0.3) is 5.57 Å². The minimum Gasteiger partial charge on any atom is -0.327 e. The topological polar surface area (TPSA) is 26.0 Å². The lowest BCUT2D eigenvalue weighted by atomic mass is 9.91. The van der Waals surface area contributed by atoms with E-state index in [-0.39, 0.29) is 11.6 Å². The Morgan fingerprint density at radius 2 is 1.73 bits per heavy atom. The second kappa shape index (κ2) is 8.07. The highest BCUT2D eigenvalue weighted by Crippen LogP contribution is 2.30. The van der Waals surface area contributed by atoms with Crippen molar-refractivity contribution < 1.29 is 8.78 Å². The quantitative estimate of drug-likeness (QED) is 0.668. The molecule has 0 bridgehead atoms. The normalized spacial score (nSPS) is 11.6. The van der Waals surface area contributed by atoms with E-state index >= 15 is 4.39 Å². The van der Waals surface area contributed by atoms with Crippen LogP contribution in [-0.2, 0) is 6.42 Å². The second-order valence-electron chi connectivity index (χ2n) is 6.24. The van der Waals surface area contributed by atoms with Crippen LogP contribution < -0.4 is 5.73 Å². The Bertz CT molecular complexity index is 930. The molecular weight excluding hydrogens is 328 g/mol. The Balaban J connectivity index is 2.02. The smallest absolute Gasteiger partial charge is 0.130 e. The van der Waals surface area contributed by atoms with Gasteiger partial charge >= 0.3 is 0 Å². The monoisotopic (exact) mass is 349 g/mol. The molecular formula is C23H21F2N. The average molecular weight is 349 g/mol. The average Bonchev–Trinajstić information content (AvgIpc) is 2.65. The van der Waals surface area contributed by atoms with Gasteiger partial charge in [0.05, 0.1) is 0 Å². The highest BCUT2D eigenvalue weighted by atomic mass is 19.1. The van der Waals surface area contributed by atoms with E-state index in [0.29, 0.717) is 29.7 Å². The van der Waals surface area contributed by atoms with E-state index in [1.807, 2.05) is 36.4 Å². The van der Waals surface area contributed by atoms with Crippen LogP contribution in [-0.4, -0.2) is 6.54 Å². The first-order valence-corrected chi connectivity index (χ1v) is 8.58. The lowest BCUT2D eigenvalue weighted by molar-refractivity contribution is 0.604. The fraction of sp³-hybridized carbons (Fsp3) is 0.130. The predicted molar refractivity (Wildman–Crippen MR) is 103 cm³/mol. The summed E-state index contributed by atoms with van der Waals surface area (Å²) in [7, 11) is 0. The van der Waals surface area contributed by atoms with Crippen molar-refractivity contribution in [3.63, 3.8) is 0 Å². The van der Waals surface area contributed by atoms with Gasteiger partial charge in [-0.1, -0.05) is 60.7 Å². The lowest BCUT2D eigenvalue weighted by Crippen LogP contribution is -2.03. The van der Waals surface area contributed by atoms with E-state index in [9.17, 15) is 4.39 Å². The molecule has 1 nitrogen and oxygen atoms in total. The summed E-state index contributed by atoms with van der Waals surface area (Å²) in [5.41, 5.74) is 10.1. The highest BCUT2D eigenvalue weighted by Gasteiger charge is 2.14. The Labute approximate surface area is 152 Å². The summed E-state index contributed by atoms with van der Waals surface area (Å²) < 4.78 is 28.6. The Hall–Kier alpha value is -2.78. The van der Waals surface area contributed by atoms with Crippen molar-refractivity contribution in [2.75, 3.05) is 6.54 Å². The minimum atomic E-state index is -0.329. The van der Waals surface area contributed by atoms with E-state index in [2.05, 4.69) is 0 Å². The summed E-state index contributed by atoms with van der Waals surface area (Å²) in [6, 6.07) is 19.8. The summed E-state index contributed by atoms with van der Waals surface area (Å²) in [5, 5.41) is 0. The lowest BCUT2D eigenvalue weighted by Gasteiger charge is -2.15. The Morgan fingerprint density at radius 1 is 0.962 bits per heavy atom. The molecule has 3 heteroatoms. The molecule has 0 aromatic heterocycles. The van der Waals surface area contributed by atoms with Crippen molar-refractivity contribution in [3.05, 3.63) is 112 Å². The van der Waals surface area contributed by atoms with Crippen LogP contribution in [0.5, 0.6) is 0 Å². The number of nitrogens with two attached hydrogens (primary N) is 1. The van der Waals surface area contributed by atoms with E-state index in [1.54, 1.807) is 31.2 Å². The number of hydrogen-bond acceptors (Lipinski definition) is 1. The molecule has 0 aliphatic rings. The van der Waals surface area contributed by atoms with E-state index in [4.69, 9.17) is 5.73 Å². The van der Waals surface area contributed by atoms with Crippen molar-refractivity contribution in [3.8, 4) is 0 Å². The van der Waals surface area contributed by atoms with Crippen LogP contribution in [0.1, 0.15) is 27.8 Å². The largest absolute Gasteiger partial charge is 0.327 e. The molecule has 0 atom stereocenters. The predicted octanol–water partition coefficient (Wildman–Crippen LogP) is 5.25. The van der Waals surface area contributed by atoms with Gasteiger partial charge in [0.1, 0.15) is 11.6 Å². The van der Waals surface area contributed by atoms with E-state index < -0.39 is 0 Å². The summed E-state index contributed by atoms with van der Waals surface area (Å²) in [6.07, 6.45) is 2.33. The molecule has 0 fully saturated rings. The molecule has 0 aliphatic heterocycles. The first-order chi connectivity index (χ1) is 12.6. The molecule has 0 spiro atoms. The maximum Gasteiger partial charge on any atom is 0.130 e. The first kappa shape index (κ1) is 18.0. The summed E-state index contributed by atoms with van der Waals surface area (Å²) in [5.74, 6) is -0.560. The zero-order valence-corrected chi connectivity index (χ0v) is 14.7. The summed E-state index contributed by atoms with van der Waals surface area (Å²) in [6.45, 7) is 2.04. The molecule has 0 heterocycles. The van der Waals surface area contributed by atoms with Gasteiger partial charge in [0.2, 0.25) is 0 Å². The van der Waals surface area contributed by atoms with Gasteiger partial charge in [0.25, 0.3) is 0 Å². The van der Waals surface area contributed by atoms with Crippen molar-refractivity contribution in [1.82, 2.24) is 0 Å². The van der Waals surface area contributed by atoms with E-state index in [1.165, 1.54) is 12.1 Å². The molecule has 0 saturated heterocycles. The van der Waals surface area contributed by atoms with Gasteiger partial charge in [0, 0.05) is 13.0 Å². The molecule has 2 N–H and O–H groups in total. The number of hydrogen-bond donors (Lipinski definition) is 1. The molecule has 0 unspecified atom stereocenters. The molecule has 26 heavy (non-hydrogen) atoms. The van der Waals surface area contributed by atoms with Crippen LogP contribution in [0, 0.1) is 18.6 Å². The maximum absolute atomic E-state index is 15.0. The first-order valence-electron chi connectivity index (χ1n) is 8.58. The van der Waals surface area contributed by atoms with Gasteiger partial charge in [-0.2, -0.15) is 0 Å². The van der Waals surface area contributed by atoms with Gasteiger partial charge in [-0.15, -0.1) is 0 Å². The van der Waals surface area contributed by atoms with Crippen LogP contribution in [0.2, 0.25) is 0 Å². The highest BCUT2D eigenvalue weighted by molar-refractivity contribution is 5.81. The zero-order valence-electron chi connectivity index (χ0n) is 14.7. The third-order valence-corrected chi connectivity index (χ3v) is 4.45. The molecule has 3 aromatic carbocycles. The fourth-order valence-electron chi connectivity index (χ4n) is 3.14. The SMILES string of the molecule is Cc1c(/C(=C/CN)c2cccc(F)c2)ccc(Cc2ccccc2)c1F. The van der Waals surface area contributed by atoms with Crippen molar-refractivity contribution in [1.29, 1.82) is 0 Å². The fourth-order valence-corrected chi connectivity index (χ4v) is 3.14. The van der Waals surface area contributed by atoms with Crippen molar-refractivity contribution >= 4 is 5.57 Å². The van der Waals surface area contributed by atoms with E-state index in [0.717, 1.165) is 16.7 Å².